The minimum absolute atomic E-state index is 0.242. The van der Waals surface area contributed by atoms with Gasteiger partial charge in [0, 0.05) is 10.9 Å². The molecule has 0 spiro atoms. The molecule has 1 aromatic carbocycles. The van der Waals surface area contributed by atoms with Gasteiger partial charge < -0.3 is 9.90 Å². The van der Waals surface area contributed by atoms with Gasteiger partial charge in [-0.1, -0.05) is 6.08 Å². The minimum Gasteiger partial charge on any atom is -0.545 e. The summed E-state index contributed by atoms with van der Waals surface area (Å²) in [7, 11) is 0.242. The van der Waals surface area contributed by atoms with E-state index in [9.17, 15) is 9.90 Å². The molecule has 80 valence electrons. The second-order valence-corrected chi connectivity index (χ2v) is 5.60. The molecule has 0 saturated heterocycles. The molecule has 0 bridgehead atoms. The normalized spacial score (nSPS) is 11.9. The third-order valence-electron chi connectivity index (χ3n) is 2.06. The Morgan fingerprint density at radius 2 is 1.80 bits per heavy atom. The predicted octanol–water partition coefficient (Wildman–Crippen LogP) is 1.08. The van der Waals surface area contributed by atoms with Crippen molar-refractivity contribution in [3.05, 3.63) is 35.4 Å². The standard InChI is InChI=1S/C12H14O2S/c1-9(12(13)14)8-10-4-6-11(7-5-10)15(2)3/h4-8H,1-3H3. The number of carbonyl (C=O) groups is 1. The molecule has 1 rings (SSSR count). The molecule has 1 aromatic rings. The summed E-state index contributed by atoms with van der Waals surface area (Å²) in [5, 5.41) is 10.5. The van der Waals surface area contributed by atoms with E-state index in [0.29, 0.717) is 0 Å². The van der Waals surface area contributed by atoms with Crippen molar-refractivity contribution in [2.24, 2.45) is 0 Å². The van der Waals surface area contributed by atoms with E-state index in [4.69, 9.17) is 0 Å². The quantitative estimate of drug-likeness (QED) is 0.567. The van der Waals surface area contributed by atoms with Gasteiger partial charge in [-0.15, -0.1) is 0 Å². The van der Waals surface area contributed by atoms with E-state index in [0.717, 1.165) is 5.56 Å². The highest BCUT2D eigenvalue weighted by Gasteiger charge is 2.06. The lowest BCUT2D eigenvalue weighted by atomic mass is 10.1. The molecule has 0 radical (unpaired) electrons. The van der Waals surface area contributed by atoms with Crippen LogP contribution in [0.15, 0.2) is 34.7 Å². The molecule has 0 atom stereocenters. The molecule has 0 aliphatic rings. The van der Waals surface area contributed by atoms with Crippen molar-refractivity contribution < 1.29 is 9.90 Å². The van der Waals surface area contributed by atoms with Gasteiger partial charge in [-0.3, -0.25) is 0 Å². The zero-order chi connectivity index (χ0) is 11.4. The highest BCUT2D eigenvalue weighted by Crippen LogP contribution is 2.12. The molecule has 0 N–H and O–H groups in total. The number of carboxylic acids is 1. The van der Waals surface area contributed by atoms with Crippen LogP contribution in [0.2, 0.25) is 0 Å². The fourth-order valence-corrected chi connectivity index (χ4v) is 1.83. The molecule has 0 unspecified atom stereocenters. The summed E-state index contributed by atoms with van der Waals surface area (Å²) >= 11 is 0. The summed E-state index contributed by atoms with van der Waals surface area (Å²) in [6, 6.07) is 7.90. The van der Waals surface area contributed by atoms with Gasteiger partial charge in [0.05, 0.1) is 5.97 Å². The van der Waals surface area contributed by atoms with Gasteiger partial charge in [-0.05, 0) is 42.3 Å². The summed E-state index contributed by atoms with van der Waals surface area (Å²) in [4.78, 5) is 11.8. The van der Waals surface area contributed by atoms with Crippen molar-refractivity contribution >= 4 is 22.9 Å². The van der Waals surface area contributed by atoms with Crippen LogP contribution in [0.3, 0.4) is 0 Å². The fraction of sp³-hybridized carbons (Fsp3) is 0.250. The SMILES string of the molecule is CC(=Cc1ccc([S+](C)C)cc1)C(=O)[O-]. The van der Waals surface area contributed by atoms with Gasteiger partial charge in [0.1, 0.15) is 12.5 Å². The number of carbonyl (C=O) groups excluding carboxylic acids is 1. The first-order chi connectivity index (χ1) is 7.00. The van der Waals surface area contributed by atoms with E-state index in [-0.39, 0.29) is 16.5 Å². The largest absolute Gasteiger partial charge is 0.545 e. The zero-order valence-corrected chi connectivity index (χ0v) is 9.93. The van der Waals surface area contributed by atoms with Crippen molar-refractivity contribution in [1.82, 2.24) is 0 Å². The van der Waals surface area contributed by atoms with Crippen LogP contribution in [0.25, 0.3) is 6.08 Å². The van der Waals surface area contributed by atoms with Crippen LogP contribution in [0.4, 0.5) is 0 Å². The van der Waals surface area contributed by atoms with Crippen LogP contribution < -0.4 is 5.11 Å². The first kappa shape index (κ1) is 11.9. The Bertz CT molecular complexity index is 377. The predicted molar refractivity (Wildman–Crippen MR) is 62.6 cm³/mol. The average molecular weight is 222 g/mol. The van der Waals surface area contributed by atoms with E-state index < -0.39 is 5.97 Å². The first-order valence-electron chi connectivity index (χ1n) is 4.58. The summed E-state index contributed by atoms with van der Waals surface area (Å²) in [5.41, 5.74) is 1.14. The van der Waals surface area contributed by atoms with Crippen molar-refractivity contribution in [3.63, 3.8) is 0 Å². The number of hydrogen-bond acceptors (Lipinski definition) is 2. The molecule has 0 fully saturated rings. The summed E-state index contributed by atoms with van der Waals surface area (Å²) in [6.45, 7) is 1.54. The number of aliphatic carboxylic acids is 1. The van der Waals surface area contributed by atoms with E-state index >= 15 is 0 Å². The minimum atomic E-state index is -1.12. The number of hydrogen-bond donors (Lipinski definition) is 0. The maximum Gasteiger partial charge on any atom is 0.154 e. The Morgan fingerprint density at radius 1 is 1.27 bits per heavy atom. The summed E-state index contributed by atoms with van der Waals surface area (Å²) in [5.74, 6) is -1.12. The Morgan fingerprint density at radius 3 is 2.20 bits per heavy atom. The van der Waals surface area contributed by atoms with Gasteiger partial charge >= 0.3 is 0 Å². The third kappa shape index (κ3) is 3.44. The second kappa shape index (κ2) is 5.03. The topological polar surface area (TPSA) is 40.1 Å². The molecule has 3 heteroatoms. The fourth-order valence-electron chi connectivity index (χ4n) is 1.15. The van der Waals surface area contributed by atoms with Gasteiger partial charge in [0.25, 0.3) is 0 Å². The van der Waals surface area contributed by atoms with E-state index in [2.05, 4.69) is 12.5 Å². The molecule has 15 heavy (non-hydrogen) atoms. The van der Waals surface area contributed by atoms with Crippen LogP contribution >= 0.6 is 0 Å². The Kier molecular flexibility index (Phi) is 3.97. The first-order valence-corrected chi connectivity index (χ1v) is 6.62. The Labute approximate surface area is 93.0 Å². The third-order valence-corrected chi connectivity index (χ3v) is 3.27. The Hall–Kier alpha value is -1.22. The molecule has 0 aromatic heterocycles. The van der Waals surface area contributed by atoms with Crippen molar-refractivity contribution in [2.45, 2.75) is 11.8 Å². The lowest BCUT2D eigenvalue weighted by molar-refractivity contribution is -0.299. The van der Waals surface area contributed by atoms with E-state index in [1.54, 1.807) is 6.08 Å². The molecule has 0 saturated carbocycles. The summed E-state index contributed by atoms with van der Waals surface area (Å²) in [6.07, 6.45) is 5.91. The monoisotopic (exact) mass is 222 g/mol. The molecule has 0 aliphatic heterocycles. The second-order valence-electron chi connectivity index (χ2n) is 3.50. The summed E-state index contributed by atoms with van der Waals surface area (Å²) < 4.78 is 0. The maximum absolute atomic E-state index is 10.5. The van der Waals surface area contributed by atoms with E-state index in [1.165, 1.54) is 11.8 Å². The molecule has 2 nitrogen and oxygen atoms in total. The molecule has 0 heterocycles. The lowest BCUT2D eigenvalue weighted by Gasteiger charge is -2.02. The van der Waals surface area contributed by atoms with Crippen LogP contribution in [-0.2, 0) is 15.7 Å². The van der Waals surface area contributed by atoms with Crippen LogP contribution in [-0.4, -0.2) is 18.5 Å². The number of carboxylic acid groups (broad SMARTS) is 1. The van der Waals surface area contributed by atoms with Gasteiger partial charge in [-0.2, -0.15) is 0 Å². The lowest BCUT2D eigenvalue weighted by Crippen LogP contribution is -2.22. The zero-order valence-electron chi connectivity index (χ0n) is 9.11. The molecular weight excluding hydrogens is 208 g/mol. The highest BCUT2D eigenvalue weighted by molar-refractivity contribution is 7.95. The molecule has 0 aliphatic carbocycles. The average Bonchev–Trinajstić information content (AvgIpc) is 2.18. The van der Waals surface area contributed by atoms with E-state index in [1.807, 2.05) is 24.3 Å². The van der Waals surface area contributed by atoms with Crippen molar-refractivity contribution in [2.75, 3.05) is 12.5 Å². The van der Waals surface area contributed by atoms with Crippen LogP contribution in [0.5, 0.6) is 0 Å². The number of benzene rings is 1. The Balaban J connectivity index is 2.90. The van der Waals surface area contributed by atoms with Gasteiger partial charge in [0.15, 0.2) is 4.90 Å². The molecule has 0 amide bonds. The van der Waals surface area contributed by atoms with Gasteiger partial charge in [0.2, 0.25) is 0 Å². The van der Waals surface area contributed by atoms with Crippen LogP contribution in [0.1, 0.15) is 12.5 Å². The highest BCUT2D eigenvalue weighted by atomic mass is 32.2. The van der Waals surface area contributed by atoms with Gasteiger partial charge in [-0.25, -0.2) is 0 Å². The van der Waals surface area contributed by atoms with Crippen LogP contribution in [0, 0.1) is 0 Å². The maximum atomic E-state index is 10.5. The van der Waals surface area contributed by atoms with Crippen molar-refractivity contribution in [1.29, 1.82) is 0 Å². The van der Waals surface area contributed by atoms with Crippen molar-refractivity contribution in [3.8, 4) is 0 Å². The molecular formula is C12H14O2S. The smallest absolute Gasteiger partial charge is 0.154 e. The number of rotatable bonds is 3.